The number of nitriles is 1. The SMILES string of the molecule is CC(C#N)C1CCCCC1. The predicted molar refractivity (Wildman–Crippen MR) is 41.4 cm³/mol. The van der Waals surface area contributed by atoms with Gasteiger partial charge in [-0.1, -0.05) is 19.3 Å². The molecule has 10 heavy (non-hydrogen) atoms. The van der Waals surface area contributed by atoms with Crippen LogP contribution in [0.2, 0.25) is 0 Å². The van der Waals surface area contributed by atoms with E-state index >= 15 is 0 Å². The molecule has 1 fully saturated rings. The van der Waals surface area contributed by atoms with Crippen LogP contribution in [0, 0.1) is 23.2 Å². The van der Waals surface area contributed by atoms with E-state index in [9.17, 15) is 0 Å². The summed E-state index contributed by atoms with van der Waals surface area (Å²) < 4.78 is 0. The fourth-order valence-electron chi connectivity index (χ4n) is 1.74. The van der Waals surface area contributed by atoms with E-state index in [0.29, 0.717) is 11.8 Å². The molecule has 1 nitrogen and oxygen atoms in total. The number of hydrogen-bond donors (Lipinski definition) is 0. The summed E-state index contributed by atoms with van der Waals surface area (Å²) in [5, 5.41) is 8.64. The van der Waals surface area contributed by atoms with Crippen LogP contribution >= 0.6 is 0 Å². The van der Waals surface area contributed by atoms with E-state index in [1.54, 1.807) is 0 Å². The van der Waals surface area contributed by atoms with Gasteiger partial charge in [-0.05, 0) is 25.7 Å². The van der Waals surface area contributed by atoms with E-state index in [4.69, 9.17) is 5.26 Å². The molecular weight excluding hydrogens is 122 g/mol. The maximum absolute atomic E-state index is 8.64. The Morgan fingerprint density at radius 1 is 1.30 bits per heavy atom. The summed E-state index contributed by atoms with van der Waals surface area (Å²) in [4.78, 5) is 0. The average molecular weight is 137 g/mol. The molecular formula is C9H15N. The third-order valence-electron chi connectivity index (χ3n) is 2.56. The first kappa shape index (κ1) is 7.60. The first-order valence-electron chi connectivity index (χ1n) is 4.24. The molecule has 0 aromatic carbocycles. The van der Waals surface area contributed by atoms with Crippen molar-refractivity contribution < 1.29 is 0 Å². The van der Waals surface area contributed by atoms with Crippen LogP contribution in [0.4, 0.5) is 0 Å². The quantitative estimate of drug-likeness (QED) is 0.545. The van der Waals surface area contributed by atoms with Crippen LogP contribution in [-0.2, 0) is 0 Å². The van der Waals surface area contributed by atoms with Crippen molar-refractivity contribution in [2.75, 3.05) is 0 Å². The Labute approximate surface area is 63.0 Å². The van der Waals surface area contributed by atoms with Crippen LogP contribution in [-0.4, -0.2) is 0 Å². The molecule has 0 amide bonds. The summed E-state index contributed by atoms with van der Waals surface area (Å²) >= 11 is 0. The van der Waals surface area contributed by atoms with Crippen molar-refractivity contribution in [3.8, 4) is 6.07 Å². The molecule has 1 aliphatic carbocycles. The molecule has 0 saturated heterocycles. The molecule has 1 atom stereocenters. The van der Waals surface area contributed by atoms with Gasteiger partial charge in [0.25, 0.3) is 0 Å². The zero-order valence-electron chi connectivity index (χ0n) is 6.64. The predicted octanol–water partition coefficient (Wildman–Crippen LogP) is 2.73. The Morgan fingerprint density at radius 2 is 1.90 bits per heavy atom. The zero-order chi connectivity index (χ0) is 7.40. The van der Waals surface area contributed by atoms with Gasteiger partial charge < -0.3 is 0 Å². The van der Waals surface area contributed by atoms with Crippen LogP contribution in [0.3, 0.4) is 0 Å². The molecule has 0 heterocycles. The van der Waals surface area contributed by atoms with Crippen molar-refractivity contribution >= 4 is 0 Å². The fourth-order valence-corrected chi connectivity index (χ4v) is 1.74. The molecule has 0 radical (unpaired) electrons. The highest BCUT2D eigenvalue weighted by atomic mass is 14.3. The standard InChI is InChI=1S/C9H15N/c1-8(7-10)9-5-3-2-4-6-9/h8-9H,2-6H2,1H3. The summed E-state index contributed by atoms with van der Waals surface area (Å²) in [5.41, 5.74) is 0. The van der Waals surface area contributed by atoms with Crippen molar-refractivity contribution in [3.05, 3.63) is 0 Å². The van der Waals surface area contributed by atoms with Crippen LogP contribution in [0.25, 0.3) is 0 Å². The molecule has 1 heteroatoms. The average Bonchev–Trinajstić information content (AvgIpc) is 2.05. The van der Waals surface area contributed by atoms with E-state index in [-0.39, 0.29) is 0 Å². The third kappa shape index (κ3) is 1.73. The van der Waals surface area contributed by atoms with E-state index in [2.05, 4.69) is 13.0 Å². The molecule has 56 valence electrons. The lowest BCUT2D eigenvalue weighted by Crippen LogP contribution is -2.13. The Morgan fingerprint density at radius 3 is 2.40 bits per heavy atom. The summed E-state index contributed by atoms with van der Waals surface area (Å²) in [6, 6.07) is 2.33. The zero-order valence-corrected chi connectivity index (χ0v) is 6.64. The second kappa shape index (κ2) is 3.61. The molecule has 0 spiro atoms. The molecule has 0 aromatic rings. The van der Waals surface area contributed by atoms with Crippen LogP contribution in [0.15, 0.2) is 0 Å². The van der Waals surface area contributed by atoms with Gasteiger partial charge in [0, 0.05) is 5.92 Å². The number of rotatable bonds is 1. The summed E-state index contributed by atoms with van der Waals surface area (Å²) in [6.07, 6.45) is 6.64. The van der Waals surface area contributed by atoms with Gasteiger partial charge in [-0.2, -0.15) is 5.26 Å². The van der Waals surface area contributed by atoms with Crippen molar-refractivity contribution in [3.63, 3.8) is 0 Å². The van der Waals surface area contributed by atoms with E-state index < -0.39 is 0 Å². The van der Waals surface area contributed by atoms with Crippen LogP contribution < -0.4 is 0 Å². The van der Waals surface area contributed by atoms with Crippen molar-refractivity contribution in [2.24, 2.45) is 11.8 Å². The second-order valence-corrected chi connectivity index (χ2v) is 3.32. The Hall–Kier alpha value is -0.510. The minimum Gasteiger partial charge on any atom is -0.198 e. The fraction of sp³-hybridized carbons (Fsp3) is 0.889. The second-order valence-electron chi connectivity index (χ2n) is 3.32. The van der Waals surface area contributed by atoms with Gasteiger partial charge in [-0.25, -0.2) is 0 Å². The minimum atomic E-state index is 0.292. The van der Waals surface area contributed by atoms with Crippen molar-refractivity contribution in [1.29, 1.82) is 5.26 Å². The first-order chi connectivity index (χ1) is 4.84. The van der Waals surface area contributed by atoms with Gasteiger partial charge in [-0.3, -0.25) is 0 Å². The van der Waals surface area contributed by atoms with Crippen molar-refractivity contribution in [1.82, 2.24) is 0 Å². The highest BCUT2D eigenvalue weighted by Crippen LogP contribution is 2.29. The molecule has 0 aliphatic heterocycles. The molecule has 1 saturated carbocycles. The molecule has 0 N–H and O–H groups in total. The Balaban J connectivity index is 2.33. The number of nitrogens with zero attached hydrogens (tertiary/aromatic N) is 1. The van der Waals surface area contributed by atoms with E-state index in [0.717, 1.165) is 0 Å². The van der Waals surface area contributed by atoms with Gasteiger partial charge in [-0.15, -0.1) is 0 Å². The molecule has 1 rings (SSSR count). The third-order valence-corrected chi connectivity index (χ3v) is 2.56. The highest BCUT2D eigenvalue weighted by molar-refractivity contribution is 4.85. The maximum Gasteiger partial charge on any atom is 0.0655 e. The van der Waals surface area contributed by atoms with Gasteiger partial charge >= 0.3 is 0 Å². The number of hydrogen-bond acceptors (Lipinski definition) is 1. The lowest BCUT2D eigenvalue weighted by molar-refractivity contribution is 0.304. The van der Waals surface area contributed by atoms with Gasteiger partial charge in [0.05, 0.1) is 6.07 Å². The Bertz CT molecular complexity index is 128. The normalized spacial score (nSPS) is 23.6. The van der Waals surface area contributed by atoms with Gasteiger partial charge in [0.1, 0.15) is 0 Å². The first-order valence-corrected chi connectivity index (χ1v) is 4.24. The topological polar surface area (TPSA) is 23.8 Å². The molecule has 1 aliphatic rings. The van der Waals surface area contributed by atoms with Crippen LogP contribution in [0.5, 0.6) is 0 Å². The summed E-state index contributed by atoms with van der Waals surface area (Å²) in [6.45, 7) is 2.05. The summed E-state index contributed by atoms with van der Waals surface area (Å²) in [5.74, 6) is 0.999. The van der Waals surface area contributed by atoms with Crippen LogP contribution in [0.1, 0.15) is 39.0 Å². The van der Waals surface area contributed by atoms with Crippen molar-refractivity contribution in [2.45, 2.75) is 39.0 Å². The maximum atomic E-state index is 8.64. The monoisotopic (exact) mass is 137 g/mol. The summed E-state index contributed by atoms with van der Waals surface area (Å²) in [7, 11) is 0. The molecule has 0 bridgehead atoms. The lowest BCUT2D eigenvalue weighted by atomic mass is 9.82. The van der Waals surface area contributed by atoms with Gasteiger partial charge in [0.2, 0.25) is 0 Å². The molecule has 1 unspecified atom stereocenters. The van der Waals surface area contributed by atoms with E-state index in [1.807, 2.05) is 0 Å². The smallest absolute Gasteiger partial charge is 0.0655 e. The highest BCUT2D eigenvalue weighted by Gasteiger charge is 2.18. The lowest BCUT2D eigenvalue weighted by Gasteiger charge is -2.22. The largest absolute Gasteiger partial charge is 0.198 e. The molecule has 0 aromatic heterocycles. The van der Waals surface area contributed by atoms with Gasteiger partial charge in [0.15, 0.2) is 0 Å². The minimum absolute atomic E-state index is 0.292. The van der Waals surface area contributed by atoms with E-state index in [1.165, 1.54) is 32.1 Å². The Kier molecular flexibility index (Phi) is 2.74.